The molecule has 1 aliphatic heterocycles. The summed E-state index contributed by atoms with van der Waals surface area (Å²) in [4.78, 5) is 2.55. The summed E-state index contributed by atoms with van der Waals surface area (Å²) in [5.74, 6) is 0.866. The predicted octanol–water partition coefficient (Wildman–Crippen LogP) is 3.50. The van der Waals surface area contributed by atoms with Gasteiger partial charge in [-0.2, -0.15) is 0 Å². The average Bonchev–Trinajstić information content (AvgIpc) is 3.22. The third-order valence-electron chi connectivity index (χ3n) is 4.83. The minimum Gasteiger partial charge on any atom is -0.497 e. The Balaban J connectivity index is 1.52. The van der Waals surface area contributed by atoms with Crippen LogP contribution in [0.25, 0.3) is 0 Å². The van der Waals surface area contributed by atoms with E-state index in [9.17, 15) is 0 Å². The number of nitrogens with zero attached hydrogens (tertiary/aromatic N) is 1. The molecule has 1 aliphatic rings. The van der Waals surface area contributed by atoms with Crippen LogP contribution in [0.5, 0.6) is 5.75 Å². The van der Waals surface area contributed by atoms with Crippen molar-refractivity contribution in [1.82, 2.24) is 15.5 Å². The lowest BCUT2D eigenvalue weighted by molar-refractivity contribution is 0.245. The molecule has 0 radical (unpaired) electrons. The predicted molar refractivity (Wildman–Crippen MR) is 110 cm³/mol. The molecular weight excluding hydrogens is 342 g/mol. The van der Waals surface area contributed by atoms with Crippen molar-refractivity contribution in [3.05, 3.63) is 65.7 Å². The number of ether oxygens (including phenoxy) is 1. The van der Waals surface area contributed by atoms with Crippen molar-refractivity contribution in [2.24, 2.45) is 0 Å². The number of hydrogen-bond acceptors (Lipinski definition) is 3. The van der Waals surface area contributed by atoms with Gasteiger partial charge in [0.15, 0.2) is 5.11 Å². The first-order valence-corrected chi connectivity index (χ1v) is 9.61. The van der Waals surface area contributed by atoms with Crippen LogP contribution in [0.2, 0.25) is 0 Å². The van der Waals surface area contributed by atoms with Crippen molar-refractivity contribution < 1.29 is 4.74 Å². The molecule has 2 N–H and O–H groups in total. The Kier molecular flexibility index (Phi) is 6.86. The van der Waals surface area contributed by atoms with Gasteiger partial charge in [0.1, 0.15) is 5.75 Å². The largest absolute Gasteiger partial charge is 0.497 e. The second kappa shape index (κ2) is 9.55. The molecule has 1 atom stereocenters. The number of hydrogen-bond donors (Lipinski definition) is 2. The van der Waals surface area contributed by atoms with Crippen LogP contribution in [0.15, 0.2) is 54.6 Å². The first-order chi connectivity index (χ1) is 12.8. The van der Waals surface area contributed by atoms with Crippen LogP contribution in [0.1, 0.15) is 30.0 Å². The van der Waals surface area contributed by atoms with Crippen LogP contribution in [0.3, 0.4) is 0 Å². The topological polar surface area (TPSA) is 36.5 Å². The Hall–Kier alpha value is -2.11. The Morgan fingerprint density at radius 3 is 2.38 bits per heavy atom. The average molecular weight is 370 g/mol. The first kappa shape index (κ1) is 18.7. The molecule has 0 bridgehead atoms. The summed E-state index contributed by atoms with van der Waals surface area (Å²) in [6.07, 6.45) is 2.56. The number of rotatable bonds is 7. The lowest BCUT2D eigenvalue weighted by atomic mass is 10.1. The smallest absolute Gasteiger partial charge is 0.166 e. The quantitative estimate of drug-likeness (QED) is 0.731. The van der Waals surface area contributed by atoms with E-state index >= 15 is 0 Å². The molecular formula is C21H27N3OS. The van der Waals surface area contributed by atoms with Crippen molar-refractivity contribution in [2.75, 3.05) is 26.7 Å². The van der Waals surface area contributed by atoms with Crippen LogP contribution in [-0.2, 0) is 6.54 Å². The highest BCUT2D eigenvalue weighted by molar-refractivity contribution is 7.80. The van der Waals surface area contributed by atoms with Gasteiger partial charge < -0.3 is 15.4 Å². The number of benzene rings is 2. The van der Waals surface area contributed by atoms with Crippen LogP contribution in [-0.4, -0.2) is 36.8 Å². The minimum atomic E-state index is 0.361. The summed E-state index contributed by atoms with van der Waals surface area (Å²) >= 11 is 5.48. The van der Waals surface area contributed by atoms with Gasteiger partial charge in [0.25, 0.3) is 0 Å². The molecule has 0 unspecified atom stereocenters. The van der Waals surface area contributed by atoms with Crippen molar-refractivity contribution >= 4 is 17.3 Å². The van der Waals surface area contributed by atoms with E-state index in [4.69, 9.17) is 17.0 Å². The van der Waals surface area contributed by atoms with Crippen LogP contribution < -0.4 is 15.4 Å². The number of thiocarbonyl (C=S) groups is 1. The third-order valence-corrected chi connectivity index (χ3v) is 5.12. The Bertz CT molecular complexity index is 684. The minimum absolute atomic E-state index is 0.361. The maximum Gasteiger partial charge on any atom is 0.166 e. The fourth-order valence-corrected chi connectivity index (χ4v) is 3.52. The molecule has 0 aliphatic carbocycles. The second-order valence-corrected chi connectivity index (χ2v) is 6.99. The summed E-state index contributed by atoms with van der Waals surface area (Å²) in [6.45, 7) is 3.84. The normalized spacial score (nSPS) is 15.4. The standard InChI is InChI=1S/C21H27N3OS/c1-25-19-11-9-17(10-12-19)15-22-21(26)23-16-20(24-13-5-6-14-24)18-7-3-2-4-8-18/h2-4,7-12,20H,5-6,13-16H2,1H3,(H2,22,23,26)/t20-/m0/s1. The van der Waals surface area contributed by atoms with Gasteiger partial charge in [-0.05, 0) is 61.4 Å². The van der Waals surface area contributed by atoms with Gasteiger partial charge in [0.05, 0.1) is 13.2 Å². The van der Waals surface area contributed by atoms with Crippen LogP contribution in [0.4, 0.5) is 0 Å². The lowest BCUT2D eigenvalue weighted by Crippen LogP contribution is -2.41. The van der Waals surface area contributed by atoms with E-state index in [-0.39, 0.29) is 0 Å². The molecule has 5 heteroatoms. The Morgan fingerprint density at radius 1 is 1.04 bits per heavy atom. The zero-order valence-electron chi connectivity index (χ0n) is 15.3. The van der Waals surface area contributed by atoms with E-state index in [0.29, 0.717) is 17.7 Å². The molecule has 2 aromatic carbocycles. The molecule has 2 aromatic rings. The van der Waals surface area contributed by atoms with E-state index in [1.54, 1.807) is 7.11 Å². The monoisotopic (exact) mass is 369 g/mol. The third kappa shape index (κ3) is 5.19. The zero-order chi connectivity index (χ0) is 18.2. The Labute approximate surface area is 161 Å². The van der Waals surface area contributed by atoms with E-state index in [2.05, 4.69) is 45.9 Å². The van der Waals surface area contributed by atoms with Gasteiger partial charge >= 0.3 is 0 Å². The molecule has 3 rings (SSSR count). The summed E-state index contributed by atoms with van der Waals surface area (Å²) in [5, 5.41) is 7.40. The van der Waals surface area contributed by atoms with Crippen LogP contribution in [0, 0.1) is 0 Å². The maximum atomic E-state index is 5.48. The molecule has 138 valence electrons. The van der Waals surface area contributed by atoms with E-state index in [1.807, 2.05) is 24.3 Å². The highest BCUT2D eigenvalue weighted by Crippen LogP contribution is 2.24. The number of methoxy groups -OCH3 is 1. The number of likely N-dealkylation sites (tertiary alicyclic amines) is 1. The van der Waals surface area contributed by atoms with Gasteiger partial charge in [-0.15, -0.1) is 0 Å². The zero-order valence-corrected chi connectivity index (χ0v) is 16.1. The molecule has 1 saturated heterocycles. The number of nitrogens with one attached hydrogen (secondary N) is 2. The molecule has 0 saturated carbocycles. The van der Waals surface area contributed by atoms with Crippen LogP contribution >= 0.6 is 12.2 Å². The first-order valence-electron chi connectivity index (χ1n) is 9.20. The maximum absolute atomic E-state index is 5.48. The van der Waals surface area contributed by atoms with Gasteiger partial charge in [-0.3, -0.25) is 4.90 Å². The van der Waals surface area contributed by atoms with Crippen molar-refractivity contribution in [2.45, 2.75) is 25.4 Å². The molecule has 1 heterocycles. The highest BCUT2D eigenvalue weighted by atomic mass is 32.1. The lowest BCUT2D eigenvalue weighted by Gasteiger charge is -2.28. The van der Waals surface area contributed by atoms with E-state index in [1.165, 1.54) is 24.0 Å². The summed E-state index contributed by atoms with van der Waals surface area (Å²) < 4.78 is 5.19. The molecule has 1 fully saturated rings. The molecule has 26 heavy (non-hydrogen) atoms. The van der Waals surface area contributed by atoms with Gasteiger partial charge in [-0.1, -0.05) is 42.5 Å². The summed E-state index contributed by atoms with van der Waals surface area (Å²) in [7, 11) is 1.68. The van der Waals surface area contributed by atoms with Crippen molar-refractivity contribution in [3.8, 4) is 5.75 Å². The fraction of sp³-hybridized carbons (Fsp3) is 0.381. The van der Waals surface area contributed by atoms with E-state index in [0.717, 1.165) is 25.4 Å². The summed E-state index contributed by atoms with van der Waals surface area (Å²) in [6, 6.07) is 19.1. The molecule has 0 amide bonds. The fourth-order valence-electron chi connectivity index (χ4n) is 3.36. The SMILES string of the molecule is COc1ccc(CNC(=S)NC[C@@H](c2ccccc2)N2CCCC2)cc1. The van der Waals surface area contributed by atoms with Crippen molar-refractivity contribution in [1.29, 1.82) is 0 Å². The van der Waals surface area contributed by atoms with Gasteiger partial charge in [0.2, 0.25) is 0 Å². The highest BCUT2D eigenvalue weighted by Gasteiger charge is 2.23. The Morgan fingerprint density at radius 2 is 1.73 bits per heavy atom. The molecule has 0 aromatic heterocycles. The van der Waals surface area contributed by atoms with Gasteiger partial charge in [0, 0.05) is 13.1 Å². The summed E-state index contributed by atoms with van der Waals surface area (Å²) in [5.41, 5.74) is 2.52. The molecule has 0 spiro atoms. The van der Waals surface area contributed by atoms with Crippen molar-refractivity contribution in [3.63, 3.8) is 0 Å². The molecule has 4 nitrogen and oxygen atoms in total. The van der Waals surface area contributed by atoms with E-state index < -0.39 is 0 Å². The van der Waals surface area contributed by atoms with Gasteiger partial charge in [-0.25, -0.2) is 0 Å². The second-order valence-electron chi connectivity index (χ2n) is 6.58.